The Morgan fingerprint density at radius 2 is 1.93 bits per heavy atom. The van der Waals surface area contributed by atoms with E-state index in [2.05, 4.69) is 15.6 Å². The quantitative estimate of drug-likeness (QED) is 0.632. The van der Waals surface area contributed by atoms with Crippen molar-refractivity contribution >= 4 is 23.5 Å². The van der Waals surface area contributed by atoms with Gasteiger partial charge in [0.15, 0.2) is 11.6 Å². The minimum atomic E-state index is -0.737. The van der Waals surface area contributed by atoms with E-state index in [9.17, 15) is 9.18 Å². The van der Waals surface area contributed by atoms with Crippen LogP contribution in [0, 0.1) is 17.1 Å². The summed E-state index contributed by atoms with van der Waals surface area (Å²) in [4.78, 5) is 16.2. The van der Waals surface area contributed by atoms with Crippen LogP contribution >= 0.6 is 11.6 Å². The number of pyridine rings is 1. The van der Waals surface area contributed by atoms with Gasteiger partial charge in [0.25, 0.3) is 0 Å². The standard InChI is InChI=1S/C21H24ClFN4O3/c1-12(25-20(28)30-21(2,3)4)17(13-6-8-15(29-5)9-7-13)26-19-16(23)10-14(11-24)18(22)27-19/h6-10,12,17H,1-5H3,(H,25,28)(H,26,27)/t12-,17-/m0/s1. The summed E-state index contributed by atoms with van der Waals surface area (Å²) in [6.45, 7) is 7.02. The first-order valence-electron chi connectivity index (χ1n) is 9.20. The number of hydrogen-bond donors (Lipinski definition) is 2. The number of ether oxygens (including phenoxy) is 2. The van der Waals surface area contributed by atoms with E-state index in [0.29, 0.717) is 5.75 Å². The van der Waals surface area contributed by atoms with E-state index in [0.717, 1.165) is 11.6 Å². The number of nitriles is 1. The van der Waals surface area contributed by atoms with Gasteiger partial charge >= 0.3 is 6.09 Å². The van der Waals surface area contributed by atoms with Gasteiger partial charge in [-0.15, -0.1) is 0 Å². The second-order valence-electron chi connectivity index (χ2n) is 7.60. The number of hydrogen-bond acceptors (Lipinski definition) is 6. The maximum absolute atomic E-state index is 14.5. The monoisotopic (exact) mass is 434 g/mol. The number of aromatic nitrogens is 1. The molecule has 0 unspecified atom stereocenters. The third-order valence-electron chi connectivity index (χ3n) is 4.06. The number of benzene rings is 1. The average Bonchev–Trinajstić information content (AvgIpc) is 2.66. The van der Waals surface area contributed by atoms with Crippen LogP contribution in [0.15, 0.2) is 30.3 Å². The number of carbonyl (C=O) groups is 1. The van der Waals surface area contributed by atoms with Gasteiger partial charge in [0.2, 0.25) is 0 Å². The molecule has 160 valence electrons. The normalized spacial score (nSPS) is 13.0. The van der Waals surface area contributed by atoms with Gasteiger partial charge in [-0.05, 0) is 51.5 Å². The molecule has 30 heavy (non-hydrogen) atoms. The van der Waals surface area contributed by atoms with E-state index < -0.39 is 29.6 Å². The average molecular weight is 435 g/mol. The van der Waals surface area contributed by atoms with Gasteiger partial charge in [-0.2, -0.15) is 5.26 Å². The van der Waals surface area contributed by atoms with Gasteiger partial charge in [0.05, 0.1) is 24.8 Å². The molecule has 0 spiro atoms. The molecule has 1 amide bonds. The van der Waals surface area contributed by atoms with Crippen molar-refractivity contribution < 1.29 is 18.7 Å². The molecule has 0 saturated heterocycles. The molecule has 0 bridgehead atoms. The highest BCUT2D eigenvalue weighted by Gasteiger charge is 2.26. The third-order valence-corrected chi connectivity index (χ3v) is 4.35. The van der Waals surface area contributed by atoms with Crippen molar-refractivity contribution in [2.75, 3.05) is 12.4 Å². The van der Waals surface area contributed by atoms with Crippen LogP contribution in [0.3, 0.4) is 0 Å². The molecule has 0 aliphatic carbocycles. The summed E-state index contributed by atoms with van der Waals surface area (Å²) in [6.07, 6.45) is -0.610. The smallest absolute Gasteiger partial charge is 0.407 e. The Morgan fingerprint density at radius 3 is 2.47 bits per heavy atom. The van der Waals surface area contributed by atoms with Crippen LogP contribution in [-0.4, -0.2) is 29.8 Å². The van der Waals surface area contributed by atoms with Crippen LogP contribution in [0.25, 0.3) is 0 Å². The molecule has 7 nitrogen and oxygen atoms in total. The molecule has 0 radical (unpaired) electrons. The SMILES string of the molecule is COc1ccc([C@@H](Nc2nc(Cl)c(C#N)cc2F)[C@H](C)NC(=O)OC(C)(C)C)cc1. The molecule has 0 saturated carbocycles. The maximum Gasteiger partial charge on any atom is 0.407 e. The van der Waals surface area contributed by atoms with Crippen LogP contribution in [0.1, 0.15) is 44.9 Å². The fraction of sp³-hybridized carbons (Fsp3) is 0.381. The largest absolute Gasteiger partial charge is 0.497 e. The molecule has 2 aromatic rings. The zero-order valence-electron chi connectivity index (χ0n) is 17.4. The van der Waals surface area contributed by atoms with Crippen molar-refractivity contribution in [3.8, 4) is 11.8 Å². The fourth-order valence-electron chi connectivity index (χ4n) is 2.68. The second kappa shape index (κ2) is 9.63. The van der Waals surface area contributed by atoms with Crippen LogP contribution in [0.4, 0.5) is 15.0 Å². The lowest BCUT2D eigenvalue weighted by molar-refractivity contribution is 0.0503. The van der Waals surface area contributed by atoms with E-state index in [1.807, 2.05) is 0 Å². The van der Waals surface area contributed by atoms with E-state index in [1.54, 1.807) is 65.1 Å². The molecular weight excluding hydrogens is 411 g/mol. The number of methoxy groups -OCH3 is 1. The Hall–Kier alpha value is -3.05. The molecule has 9 heteroatoms. The van der Waals surface area contributed by atoms with Crippen LogP contribution in [0.5, 0.6) is 5.75 Å². The van der Waals surface area contributed by atoms with Crippen molar-refractivity contribution in [2.24, 2.45) is 0 Å². The Morgan fingerprint density at radius 1 is 1.30 bits per heavy atom. The van der Waals surface area contributed by atoms with E-state index in [-0.39, 0.29) is 16.5 Å². The molecule has 0 fully saturated rings. The van der Waals surface area contributed by atoms with Crippen molar-refractivity contribution in [1.82, 2.24) is 10.3 Å². The molecule has 2 rings (SSSR count). The minimum absolute atomic E-state index is 0.0688. The highest BCUT2D eigenvalue weighted by molar-refractivity contribution is 6.30. The molecule has 1 aromatic heterocycles. The van der Waals surface area contributed by atoms with Gasteiger partial charge in [0, 0.05) is 0 Å². The van der Waals surface area contributed by atoms with Gasteiger partial charge < -0.3 is 20.1 Å². The van der Waals surface area contributed by atoms with E-state index in [1.165, 1.54) is 0 Å². The van der Waals surface area contributed by atoms with Gasteiger partial charge in [-0.3, -0.25) is 0 Å². The number of rotatable bonds is 6. The van der Waals surface area contributed by atoms with Crippen LogP contribution in [0.2, 0.25) is 5.15 Å². The Balaban J connectivity index is 2.35. The summed E-state index contributed by atoms with van der Waals surface area (Å²) in [6, 6.07) is 8.75. The van der Waals surface area contributed by atoms with Crippen molar-refractivity contribution in [1.29, 1.82) is 5.26 Å². The Labute approximate surface area is 180 Å². The number of anilines is 1. The number of halogens is 2. The lowest BCUT2D eigenvalue weighted by Gasteiger charge is -2.28. The van der Waals surface area contributed by atoms with Crippen molar-refractivity contribution in [3.05, 3.63) is 52.4 Å². The zero-order valence-corrected chi connectivity index (χ0v) is 18.2. The third kappa shape index (κ3) is 6.22. The number of alkyl carbamates (subject to hydrolysis) is 1. The van der Waals surface area contributed by atoms with Crippen molar-refractivity contribution in [2.45, 2.75) is 45.4 Å². The molecule has 2 N–H and O–H groups in total. The first kappa shape index (κ1) is 23.2. The Bertz CT molecular complexity index is 939. The topological polar surface area (TPSA) is 96.3 Å². The van der Waals surface area contributed by atoms with Crippen molar-refractivity contribution in [3.63, 3.8) is 0 Å². The molecule has 1 aromatic carbocycles. The summed E-state index contributed by atoms with van der Waals surface area (Å²) in [5.41, 5.74) is 0.00271. The predicted molar refractivity (Wildman–Crippen MR) is 112 cm³/mol. The lowest BCUT2D eigenvalue weighted by atomic mass is 10.00. The summed E-state index contributed by atoms with van der Waals surface area (Å²) >= 11 is 5.96. The fourth-order valence-corrected chi connectivity index (χ4v) is 2.86. The highest BCUT2D eigenvalue weighted by atomic mass is 35.5. The maximum atomic E-state index is 14.5. The van der Waals surface area contributed by atoms with Gasteiger partial charge in [-0.1, -0.05) is 23.7 Å². The van der Waals surface area contributed by atoms with Crippen LogP contribution < -0.4 is 15.4 Å². The second-order valence-corrected chi connectivity index (χ2v) is 7.96. The van der Waals surface area contributed by atoms with Gasteiger partial charge in [-0.25, -0.2) is 14.2 Å². The Kier molecular flexibility index (Phi) is 7.46. The zero-order chi connectivity index (χ0) is 22.5. The summed E-state index contributed by atoms with van der Waals surface area (Å²) in [5, 5.41) is 14.6. The molecule has 0 aliphatic rings. The van der Waals surface area contributed by atoms with E-state index >= 15 is 0 Å². The van der Waals surface area contributed by atoms with E-state index in [4.69, 9.17) is 26.3 Å². The number of carbonyl (C=O) groups excluding carboxylic acids is 1. The summed E-state index contributed by atoms with van der Waals surface area (Å²) < 4.78 is 25.0. The van der Waals surface area contributed by atoms with Crippen LogP contribution in [-0.2, 0) is 4.74 Å². The van der Waals surface area contributed by atoms with Gasteiger partial charge in [0.1, 0.15) is 22.6 Å². The summed E-state index contributed by atoms with van der Waals surface area (Å²) in [5.74, 6) is -0.229. The lowest BCUT2D eigenvalue weighted by Crippen LogP contribution is -2.42. The first-order chi connectivity index (χ1) is 14.0. The predicted octanol–water partition coefficient (Wildman–Crippen LogP) is 4.82. The minimum Gasteiger partial charge on any atom is -0.497 e. The molecular formula is C21H24ClFN4O3. The molecule has 2 atom stereocenters. The number of nitrogens with zero attached hydrogens (tertiary/aromatic N) is 2. The first-order valence-corrected chi connectivity index (χ1v) is 9.58. The molecule has 1 heterocycles. The number of amides is 1. The summed E-state index contributed by atoms with van der Waals surface area (Å²) in [7, 11) is 1.55. The highest BCUT2D eigenvalue weighted by Crippen LogP contribution is 2.27. The molecule has 0 aliphatic heterocycles. The number of nitrogens with one attached hydrogen (secondary N) is 2.